The van der Waals surface area contributed by atoms with Gasteiger partial charge in [0.2, 0.25) is 5.91 Å². The minimum atomic E-state index is -0.129. The number of nitrogens with zero attached hydrogens (tertiary/aromatic N) is 3. The first kappa shape index (κ1) is 17.9. The molecule has 3 aromatic rings. The van der Waals surface area contributed by atoms with Gasteiger partial charge in [-0.25, -0.2) is 4.98 Å². The lowest BCUT2D eigenvalue weighted by Crippen LogP contribution is -2.18. The second-order valence-electron chi connectivity index (χ2n) is 7.42. The lowest BCUT2D eigenvalue weighted by atomic mass is 9.92. The van der Waals surface area contributed by atoms with Crippen molar-refractivity contribution in [3.8, 4) is 5.82 Å². The second kappa shape index (κ2) is 7.12. The molecule has 0 aliphatic heterocycles. The molecule has 134 valence electrons. The molecule has 3 rings (SSSR count). The van der Waals surface area contributed by atoms with Crippen LogP contribution < -0.4 is 5.32 Å². The molecular formula is C21H24N4O. The molecule has 0 spiro atoms. The third kappa shape index (κ3) is 3.99. The van der Waals surface area contributed by atoms with E-state index in [1.807, 2.05) is 55.5 Å². The topological polar surface area (TPSA) is 59.8 Å². The molecule has 0 atom stereocenters. The zero-order chi connectivity index (χ0) is 18.7. The van der Waals surface area contributed by atoms with Crippen molar-refractivity contribution < 1.29 is 4.79 Å². The lowest BCUT2D eigenvalue weighted by Gasteiger charge is -2.13. The SMILES string of the molecule is Cc1ccccc1CC(=O)Nc1cc(C(C)(C)C)nn1-c1ccccn1. The van der Waals surface area contributed by atoms with Crippen LogP contribution in [0.4, 0.5) is 5.82 Å². The number of pyridine rings is 1. The fourth-order valence-corrected chi connectivity index (χ4v) is 2.66. The molecule has 0 unspecified atom stereocenters. The molecule has 0 bridgehead atoms. The highest BCUT2D eigenvalue weighted by atomic mass is 16.1. The Kier molecular flexibility index (Phi) is 4.89. The number of hydrogen-bond acceptors (Lipinski definition) is 3. The van der Waals surface area contributed by atoms with Gasteiger partial charge in [0, 0.05) is 17.7 Å². The lowest BCUT2D eigenvalue weighted by molar-refractivity contribution is -0.115. The van der Waals surface area contributed by atoms with Crippen LogP contribution >= 0.6 is 0 Å². The maximum absolute atomic E-state index is 12.6. The third-order valence-corrected chi connectivity index (χ3v) is 4.22. The number of anilines is 1. The number of aromatic nitrogens is 3. The van der Waals surface area contributed by atoms with E-state index in [1.54, 1.807) is 10.9 Å². The van der Waals surface area contributed by atoms with Gasteiger partial charge in [-0.3, -0.25) is 4.79 Å². The molecule has 0 radical (unpaired) electrons. The van der Waals surface area contributed by atoms with E-state index < -0.39 is 0 Å². The third-order valence-electron chi connectivity index (χ3n) is 4.22. The summed E-state index contributed by atoms with van der Waals surface area (Å²) < 4.78 is 1.69. The maximum Gasteiger partial charge on any atom is 0.229 e. The van der Waals surface area contributed by atoms with E-state index in [2.05, 4.69) is 36.2 Å². The summed E-state index contributed by atoms with van der Waals surface area (Å²) in [6, 6.07) is 15.5. The van der Waals surface area contributed by atoms with Crippen molar-refractivity contribution in [2.24, 2.45) is 0 Å². The van der Waals surface area contributed by atoms with Gasteiger partial charge in [-0.15, -0.1) is 0 Å². The minimum absolute atomic E-state index is 0.0724. The largest absolute Gasteiger partial charge is 0.310 e. The second-order valence-corrected chi connectivity index (χ2v) is 7.42. The van der Waals surface area contributed by atoms with Crippen LogP contribution in [0.1, 0.15) is 37.6 Å². The van der Waals surface area contributed by atoms with Crippen molar-refractivity contribution in [3.63, 3.8) is 0 Å². The van der Waals surface area contributed by atoms with Crippen molar-refractivity contribution in [1.82, 2.24) is 14.8 Å². The molecule has 0 aliphatic rings. The predicted octanol–water partition coefficient (Wildman–Crippen LogP) is 4.05. The molecule has 5 heteroatoms. The Balaban J connectivity index is 1.90. The fraction of sp³-hybridized carbons (Fsp3) is 0.286. The van der Waals surface area contributed by atoms with E-state index in [0.29, 0.717) is 18.1 Å². The van der Waals surface area contributed by atoms with Crippen LogP contribution in [-0.2, 0) is 16.6 Å². The first-order chi connectivity index (χ1) is 12.3. The zero-order valence-electron chi connectivity index (χ0n) is 15.7. The Hall–Kier alpha value is -2.95. The van der Waals surface area contributed by atoms with E-state index in [4.69, 9.17) is 0 Å². The summed E-state index contributed by atoms with van der Waals surface area (Å²) in [4.78, 5) is 17.0. The van der Waals surface area contributed by atoms with Crippen LogP contribution in [0.2, 0.25) is 0 Å². The standard InChI is InChI=1S/C21H24N4O/c1-15-9-5-6-10-16(15)13-20(26)23-19-14-17(21(2,3)4)24-25(19)18-11-7-8-12-22-18/h5-12,14H,13H2,1-4H3,(H,23,26). The fourth-order valence-electron chi connectivity index (χ4n) is 2.66. The van der Waals surface area contributed by atoms with E-state index in [9.17, 15) is 4.79 Å². The normalized spacial score (nSPS) is 11.4. The van der Waals surface area contributed by atoms with Gasteiger partial charge in [-0.1, -0.05) is 51.1 Å². The number of benzene rings is 1. The van der Waals surface area contributed by atoms with Crippen molar-refractivity contribution in [2.45, 2.75) is 39.5 Å². The minimum Gasteiger partial charge on any atom is -0.310 e. The molecule has 1 N–H and O–H groups in total. The summed E-state index contributed by atoms with van der Waals surface area (Å²) in [6.07, 6.45) is 2.04. The van der Waals surface area contributed by atoms with Gasteiger partial charge in [-0.05, 0) is 30.2 Å². The van der Waals surface area contributed by atoms with Crippen molar-refractivity contribution in [1.29, 1.82) is 0 Å². The Morgan fingerprint density at radius 3 is 2.50 bits per heavy atom. The Morgan fingerprint density at radius 1 is 1.12 bits per heavy atom. The van der Waals surface area contributed by atoms with Gasteiger partial charge in [-0.2, -0.15) is 9.78 Å². The molecule has 2 heterocycles. The van der Waals surface area contributed by atoms with Crippen molar-refractivity contribution >= 4 is 11.7 Å². The van der Waals surface area contributed by atoms with Gasteiger partial charge in [0.15, 0.2) is 5.82 Å². The number of aryl methyl sites for hydroxylation is 1. The highest BCUT2D eigenvalue weighted by Gasteiger charge is 2.22. The van der Waals surface area contributed by atoms with Crippen LogP contribution in [-0.4, -0.2) is 20.7 Å². The van der Waals surface area contributed by atoms with Crippen LogP contribution in [0, 0.1) is 6.92 Å². The molecular weight excluding hydrogens is 324 g/mol. The summed E-state index contributed by atoms with van der Waals surface area (Å²) in [5, 5.41) is 7.67. The van der Waals surface area contributed by atoms with Crippen molar-refractivity contribution in [3.05, 3.63) is 71.5 Å². The Labute approximate surface area is 154 Å². The summed E-state index contributed by atoms with van der Waals surface area (Å²) in [7, 11) is 0. The monoisotopic (exact) mass is 348 g/mol. The maximum atomic E-state index is 12.6. The average molecular weight is 348 g/mol. The summed E-state index contributed by atoms with van der Waals surface area (Å²) in [5.74, 6) is 1.23. The van der Waals surface area contributed by atoms with Crippen LogP contribution in [0.3, 0.4) is 0 Å². The number of carbonyl (C=O) groups excluding carboxylic acids is 1. The van der Waals surface area contributed by atoms with Crippen LogP contribution in [0.5, 0.6) is 0 Å². The van der Waals surface area contributed by atoms with Crippen LogP contribution in [0.15, 0.2) is 54.7 Å². The number of nitrogens with one attached hydrogen (secondary N) is 1. The number of hydrogen-bond donors (Lipinski definition) is 1. The first-order valence-electron chi connectivity index (χ1n) is 8.71. The first-order valence-corrected chi connectivity index (χ1v) is 8.71. The van der Waals surface area contributed by atoms with E-state index >= 15 is 0 Å². The molecule has 1 amide bonds. The summed E-state index contributed by atoms with van der Waals surface area (Å²) >= 11 is 0. The Bertz CT molecular complexity index is 907. The molecule has 1 aromatic carbocycles. The van der Waals surface area contributed by atoms with E-state index in [-0.39, 0.29) is 11.3 Å². The molecule has 0 saturated heterocycles. The van der Waals surface area contributed by atoms with Crippen molar-refractivity contribution in [2.75, 3.05) is 5.32 Å². The number of rotatable bonds is 4. The quantitative estimate of drug-likeness (QED) is 0.773. The Morgan fingerprint density at radius 2 is 1.85 bits per heavy atom. The molecule has 0 saturated carbocycles. The van der Waals surface area contributed by atoms with E-state index in [0.717, 1.165) is 16.8 Å². The number of carbonyl (C=O) groups is 1. The van der Waals surface area contributed by atoms with Gasteiger partial charge < -0.3 is 5.32 Å². The van der Waals surface area contributed by atoms with Gasteiger partial charge >= 0.3 is 0 Å². The molecule has 5 nitrogen and oxygen atoms in total. The van der Waals surface area contributed by atoms with E-state index in [1.165, 1.54) is 0 Å². The molecule has 0 aliphatic carbocycles. The zero-order valence-corrected chi connectivity index (χ0v) is 15.7. The smallest absolute Gasteiger partial charge is 0.229 e. The average Bonchev–Trinajstić information content (AvgIpc) is 3.02. The summed E-state index contributed by atoms with van der Waals surface area (Å²) in [5.41, 5.74) is 2.89. The molecule has 0 fully saturated rings. The van der Waals surface area contributed by atoms with Gasteiger partial charge in [0.25, 0.3) is 0 Å². The molecule has 2 aromatic heterocycles. The number of amides is 1. The van der Waals surface area contributed by atoms with Crippen LogP contribution in [0.25, 0.3) is 5.82 Å². The predicted molar refractivity (Wildman–Crippen MR) is 104 cm³/mol. The highest BCUT2D eigenvalue weighted by molar-refractivity contribution is 5.92. The molecule has 26 heavy (non-hydrogen) atoms. The highest BCUT2D eigenvalue weighted by Crippen LogP contribution is 2.26. The summed E-state index contributed by atoms with van der Waals surface area (Å²) in [6.45, 7) is 8.30. The van der Waals surface area contributed by atoms with Gasteiger partial charge in [0.1, 0.15) is 5.82 Å². The van der Waals surface area contributed by atoms with Gasteiger partial charge in [0.05, 0.1) is 12.1 Å².